The van der Waals surface area contributed by atoms with E-state index in [-0.39, 0.29) is 20.1 Å². The van der Waals surface area contributed by atoms with Crippen molar-refractivity contribution in [3.05, 3.63) is 108 Å². The van der Waals surface area contributed by atoms with Crippen molar-refractivity contribution in [2.75, 3.05) is 0 Å². The predicted molar refractivity (Wildman–Crippen MR) is 195 cm³/mol. The van der Waals surface area contributed by atoms with E-state index in [1.54, 1.807) is 0 Å². The molecule has 44 heavy (non-hydrogen) atoms. The van der Waals surface area contributed by atoms with Gasteiger partial charge in [0.15, 0.2) is 0 Å². The Morgan fingerprint density at radius 1 is 0.909 bits per heavy atom. The normalized spacial score (nSPS) is 12.3. The van der Waals surface area contributed by atoms with E-state index in [4.69, 9.17) is 1.37 Å². The largest absolute Gasteiger partial charge is 0 e. The molecule has 0 spiro atoms. The Labute approximate surface area is 286 Å². The molecular weight excluding hydrogens is 809 g/mol. The summed E-state index contributed by atoms with van der Waals surface area (Å²) in [6, 6.07) is 31.9. The second-order valence-corrected chi connectivity index (χ2v) is 30.1. The Bertz CT molecular complexity index is 1940. The van der Waals surface area contributed by atoms with Crippen LogP contribution in [0.5, 0.6) is 0 Å². The van der Waals surface area contributed by atoms with Crippen molar-refractivity contribution < 1.29 is 21.5 Å². The molecular formula is C38H42GeIrN2SSi-2. The Kier molecular flexibility index (Phi) is 10.4. The van der Waals surface area contributed by atoms with Crippen LogP contribution in [-0.2, 0) is 20.1 Å². The molecule has 0 fully saturated rings. The molecule has 0 bridgehead atoms. The minimum atomic E-state index is -2.06. The number of thiophene rings is 1. The average Bonchev–Trinajstić information content (AvgIpc) is 3.35. The van der Waals surface area contributed by atoms with Crippen LogP contribution in [0.3, 0.4) is 0 Å². The van der Waals surface area contributed by atoms with E-state index in [1.807, 2.05) is 55.6 Å². The first kappa shape index (κ1) is 33.0. The molecule has 6 aromatic rings. The zero-order valence-electron chi connectivity index (χ0n) is 28.2. The van der Waals surface area contributed by atoms with Gasteiger partial charge in [-0.15, -0.1) is 35.9 Å². The van der Waals surface area contributed by atoms with Crippen molar-refractivity contribution in [2.45, 2.75) is 63.6 Å². The quantitative estimate of drug-likeness (QED) is 0.128. The first-order valence-corrected chi connectivity index (χ1v) is 26.6. The second-order valence-electron chi connectivity index (χ2n) is 13.5. The molecule has 0 amide bonds. The van der Waals surface area contributed by atoms with E-state index in [0.717, 1.165) is 28.1 Å². The summed E-state index contributed by atoms with van der Waals surface area (Å²) in [7, 11) is -1.27. The maximum absolute atomic E-state index is 8.37. The van der Waals surface area contributed by atoms with E-state index < -0.39 is 27.2 Å². The minimum Gasteiger partial charge on any atom is 0 e. The van der Waals surface area contributed by atoms with E-state index in [9.17, 15) is 0 Å². The number of pyridine rings is 2. The van der Waals surface area contributed by atoms with Gasteiger partial charge in [0.2, 0.25) is 0 Å². The van der Waals surface area contributed by atoms with Gasteiger partial charge in [-0.3, -0.25) is 0 Å². The third-order valence-corrected chi connectivity index (χ3v) is 15.3. The molecule has 0 aliphatic rings. The summed E-state index contributed by atoms with van der Waals surface area (Å²) in [4.78, 5) is 9.22. The number of fused-ring (bicyclic) bond motifs is 3. The van der Waals surface area contributed by atoms with Crippen LogP contribution in [-0.4, -0.2) is 31.3 Å². The zero-order chi connectivity index (χ0) is 31.9. The molecule has 0 aliphatic heterocycles. The van der Waals surface area contributed by atoms with Gasteiger partial charge in [0.1, 0.15) is 0 Å². The topological polar surface area (TPSA) is 25.8 Å². The van der Waals surface area contributed by atoms with E-state index >= 15 is 0 Å². The summed E-state index contributed by atoms with van der Waals surface area (Å²) in [5, 5.41) is 4.19. The van der Waals surface area contributed by atoms with E-state index in [2.05, 4.69) is 121 Å². The predicted octanol–water partition coefficient (Wildman–Crippen LogP) is 9.99. The van der Waals surface area contributed by atoms with E-state index in [1.165, 1.54) is 35.3 Å². The fraction of sp³-hybridized carbons (Fsp3) is 0.263. The van der Waals surface area contributed by atoms with Gasteiger partial charge in [0.05, 0.1) is 8.07 Å². The van der Waals surface area contributed by atoms with Gasteiger partial charge < -0.3 is 4.98 Å². The summed E-state index contributed by atoms with van der Waals surface area (Å²) in [5.74, 6) is 6.68. The van der Waals surface area contributed by atoms with Gasteiger partial charge in [-0.25, -0.2) is 0 Å². The maximum Gasteiger partial charge on any atom is 0 e. The number of aryl methyl sites for hydroxylation is 1. The number of aromatic nitrogens is 2. The Morgan fingerprint density at radius 2 is 1.64 bits per heavy atom. The molecule has 6 rings (SSSR count). The number of benzene rings is 3. The smallest absolute Gasteiger partial charge is 0 e. The molecule has 0 N–H and O–H groups in total. The number of hydrogen-bond donors (Lipinski definition) is 0. The minimum absolute atomic E-state index is 0. The summed E-state index contributed by atoms with van der Waals surface area (Å²) >= 11 is -0.224. The fourth-order valence-corrected chi connectivity index (χ4v) is 11.8. The Hall–Kier alpha value is -2.41. The van der Waals surface area contributed by atoms with Crippen LogP contribution < -0.4 is 9.58 Å². The summed E-state index contributed by atoms with van der Waals surface area (Å²) in [5.41, 5.74) is 6.40. The van der Waals surface area contributed by atoms with Crippen LogP contribution in [0.2, 0.25) is 36.9 Å². The third kappa shape index (κ3) is 7.51. The second kappa shape index (κ2) is 13.9. The first-order chi connectivity index (χ1) is 20.6. The third-order valence-electron chi connectivity index (χ3n) is 7.76. The molecule has 0 aliphatic carbocycles. The van der Waals surface area contributed by atoms with Crippen LogP contribution in [0.1, 0.15) is 32.2 Å². The molecule has 0 saturated carbocycles. The standard InChI is InChI=1S/C23H24GeNS.C15H18NSi.Ir/c1-15(2)16-12-13-25-20(14-16)17-10-11-19(24(3,4)5)22-18-8-6-7-9-21(18)26-23(17)22;1-12-10-14(13-8-6-5-7-9-13)16-11-15(12)17(2,3)4;/h6-9,11-15H,1-5H3;5-8,10-11H,1-4H3;/q2*-1;/i15D;;. The van der Waals surface area contributed by atoms with Crippen molar-refractivity contribution in [1.29, 1.82) is 0 Å². The molecule has 2 nitrogen and oxygen atoms in total. The molecule has 3 aromatic heterocycles. The molecule has 0 unspecified atom stereocenters. The maximum atomic E-state index is 8.37. The average molecular weight is 853 g/mol. The number of hydrogen-bond acceptors (Lipinski definition) is 3. The van der Waals surface area contributed by atoms with Crippen LogP contribution >= 0.6 is 11.3 Å². The molecule has 229 valence electrons. The van der Waals surface area contributed by atoms with Crippen LogP contribution in [0, 0.1) is 19.1 Å². The summed E-state index contributed by atoms with van der Waals surface area (Å²) < 4.78 is 12.5. The summed E-state index contributed by atoms with van der Waals surface area (Å²) in [6.45, 7) is 13.1. The molecule has 0 atom stereocenters. The van der Waals surface area contributed by atoms with Crippen molar-refractivity contribution in [3.8, 4) is 22.5 Å². The van der Waals surface area contributed by atoms with Gasteiger partial charge in [-0.05, 0) is 17.8 Å². The molecule has 1 radical (unpaired) electrons. The molecule has 6 heteroatoms. The van der Waals surface area contributed by atoms with E-state index in [0.29, 0.717) is 0 Å². The van der Waals surface area contributed by atoms with Gasteiger partial charge in [0, 0.05) is 26.3 Å². The molecule has 3 aromatic carbocycles. The SMILES string of the molecule is Cc1cc(-c2[c-]cccc2)ncc1[Si](C)(C)C.[2H]C(C)(C)c1ccnc(-c2[c-]c[c]([Ge]([CH3])([CH3])[CH3])c3c2sc2ccccc23)c1.[Ir]. The molecule has 0 saturated heterocycles. The van der Waals surface area contributed by atoms with Crippen molar-refractivity contribution >= 4 is 62.4 Å². The zero-order valence-corrected chi connectivity index (χ0v) is 33.5. The first-order valence-electron chi connectivity index (χ1n) is 15.4. The Morgan fingerprint density at radius 3 is 2.27 bits per heavy atom. The van der Waals surface area contributed by atoms with Crippen molar-refractivity contribution in [2.24, 2.45) is 0 Å². The monoisotopic (exact) mass is 854 g/mol. The van der Waals surface area contributed by atoms with Gasteiger partial charge >= 0.3 is 164 Å². The molecule has 3 heterocycles. The summed E-state index contributed by atoms with van der Waals surface area (Å²) in [6.07, 6.45) is 3.88. The van der Waals surface area contributed by atoms with Crippen molar-refractivity contribution in [3.63, 3.8) is 0 Å². The Balaban J connectivity index is 0.000000222. The number of rotatable bonds is 5. The van der Waals surface area contributed by atoms with Crippen LogP contribution in [0.25, 0.3) is 42.7 Å². The van der Waals surface area contributed by atoms with Gasteiger partial charge in [-0.2, -0.15) is 0 Å². The van der Waals surface area contributed by atoms with Crippen molar-refractivity contribution in [1.82, 2.24) is 9.97 Å². The van der Waals surface area contributed by atoms with Gasteiger partial charge in [0.25, 0.3) is 0 Å². The van der Waals surface area contributed by atoms with Crippen LogP contribution in [0.4, 0.5) is 0 Å². The van der Waals surface area contributed by atoms with Crippen LogP contribution in [0.15, 0.2) is 85.2 Å². The fourth-order valence-electron chi connectivity index (χ4n) is 5.47. The van der Waals surface area contributed by atoms with Gasteiger partial charge in [-0.1, -0.05) is 31.3 Å². The number of nitrogens with zero attached hydrogens (tertiary/aromatic N) is 2.